The molecule has 18 heavy (non-hydrogen) atoms. The molecule has 1 saturated carbocycles. The lowest BCUT2D eigenvalue weighted by Gasteiger charge is -2.04. The SMILES string of the molecule is c1ccc(COCC2CC2c2ccccc2)cc1. The molecule has 0 bridgehead atoms. The van der Waals surface area contributed by atoms with Crippen molar-refractivity contribution in [2.45, 2.75) is 18.9 Å². The van der Waals surface area contributed by atoms with Gasteiger partial charge in [0, 0.05) is 0 Å². The largest absolute Gasteiger partial charge is 0.376 e. The van der Waals surface area contributed by atoms with Gasteiger partial charge in [0.25, 0.3) is 0 Å². The van der Waals surface area contributed by atoms with E-state index in [1.165, 1.54) is 17.5 Å². The van der Waals surface area contributed by atoms with Gasteiger partial charge in [0.15, 0.2) is 0 Å². The Balaban J connectivity index is 1.44. The fraction of sp³-hybridized carbons (Fsp3) is 0.294. The predicted octanol–water partition coefficient (Wildman–Crippen LogP) is 4.01. The van der Waals surface area contributed by atoms with E-state index >= 15 is 0 Å². The van der Waals surface area contributed by atoms with Crippen LogP contribution < -0.4 is 0 Å². The van der Waals surface area contributed by atoms with Crippen LogP contribution in [0.5, 0.6) is 0 Å². The molecule has 0 radical (unpaired) electrons. The normalized spacial score (nSPS) is 21.8. The molecule has 0 aliphatic heterocycles. The van der Waals surface area contributed by atoms with Crippen LogP contribution in [-0.4, -0.2) is 6.61 Å². The number of hydrogen-bond donors (Lipinski definition) is 0. The minimum absolute atomic E-state index is 0.719. The van der Waals surface area contributed by atoms with Crippen LogP contribution in [0, 0.1) is 5.92 Å². The monoisotopic (exact) mass is 238 g/mol. The third-order valence-electron chi connectivity index (χ3n) is 3.59. The Morgan fingerprint density at radius 3 is 2.28 bits per heavy atom. The molecule has 2 unspecified atom stereocenters. The summed E-state index contributed by atoms with van der Waals surface area (Å²) in [6, 6.07) is 21.1. The number of rotatable bonds is 5. The van der Waals surface area contributed by atoms with Crippen molar-refractivity contribution in [3.8, 4) is 0 Å². The van der Waals surface area contributed by atoms with E-state index in [0.29, 0.717) is 0 Å². The van der Waals surface area contributed by atoms with Crippen LogP contribution in [0.4, 0.5) is 0 Å². The summed E-state index contributed by atoms with van der Waals surface area (Å²) in [4.78, 5) is 0. The fourth-order valence-electron chi connectivity index (χ4n) is 2.44. The highest BCUT2D eigenvalue weighted by Crippen LogP contribution is 2.47. The van der Waals surface area contributed by atoms with Gasteiger partial charge in [-0.1, -0.05) is 60.7 Å². The molecule has 0 aromatic heterocycles. The molecule has 1 nitrogen and oxygen atoms in total. The summed E-state index contributed by atoms with van der Waals surface area (Å²) in [6.45, 7) is 1.62. The van der Waals surface area contributed by atoms with Crippen LogP contribution in [0.2, 0.25) is 0 Å². The highest BCUT2D eigenvalue weighted by Gasteiger charge is 2.37. The van der Waals surface area contributed by atoms with Gasteiger partial charge in [-0.25, -0.2) is 0 Å². The van der Waals surface area contributed by atoms with Gasteiger partial charge < -0.3 is 4.74 Å². The lowest BCUT2D eigenvalue weighted by Crippen LogP contribution is -1.98. The number of ether oxygens (including phenoxy) is 1. The first-order valence-electron chi connectivity index (χ1n) is 6.60. The second-order valence-electron chi connectivity index (χ2n) is 5.01. The third-order valence-corrected chi connectivity index (χ3v) is 3.59. The van der Waals surface area contributed by atoms with Crippen LogP contribution in [0.15, 0.2) is 60.7 Å². The molecular formula is C17H18O. The second-order valence-corrected chi connectivity index (χ2v) is 5.01. The van der Waals surface area contributed by atoms with E-state index in [2.05, 4.69) is 54.6 Å². The van der Waals surface area contributed by atoms with E-state index in [1.54, 1.807) is 0 Å². The summed E-state index contributed by atoms with van der Waals surface area (Å²) in [7, 11) is 0. The van der Waals surface area contributed by atoms with Gasteiger partial charge in [-0.2, -0.15) is 0 Å². The van der Waals surface area contributed by atoms with Crippen molar-refractivity contribution in [2.75, 3.05) is 6.61 Å². The van der Waals surface area contributed by atoms with Gasteiger partial charge >= 0.3 is 0 Å². The topological polar surface area (TPSA) is 9.23 Å². The van der Waals surface area contributed by atoms with Gasteiger partial charge in [0.05, 0.1) is 13.2 Å². The molecule has 1 aliphatic rings. The molecule has 0 saturated heterocycles. The van der Waals surface area contributed by atoms with Crippen molar-refractivity contribution in [3.05, 3.63) is 71.8 Å². The molecule has 0 spiro atoms. The maximum atomic E-state index is 5.80. The van der Waals surface area contributed by atoms with E-state index in [4.69, 9.17) is 4.74 Å². The average molecular weight is 238 g/mol. The summed E-state index contributed by atoms with van der Waals surface area (Å²) in [6.07, 6.45) is 1.28. The van der Waals surface area contributed by atoms with Crippen LogP contribution in [0.3, 0.4) is 0 Å². The molecule has 3 rings (SSSR count). The molecule has 92 valence electrons. The van der Waals surface area contributed by atoms with Crippen molar-refractivity contribution in [1.29, 1.82) is 0 Å². The van der Waals surface area contributed by atoms with Gasteiger partial charge in [0.1, 0.15) is 0 Å². The minimum atomic E-state index is 0.719. The zero-order valence-corrected chi connectivity index (χ0v) is 10.5. The van der Waals surface area contributed by atoms with Gasteiger partial charge in [-0.05, 0) is 29.4 Å². The Morgan fingerprint density at radius 1 is 0.889 bits per heavy atom. The maximum absolute atomic E-state index is 5.80. The summed E-state index contributed by atoms with van der Waals surface area (Å²) < 4.78 is 5.80. The highest BCUT2D eigenvalue weighted by atomic mass is 16.5. The minimum Gasteiger partial charge on any atom is -0.376 e. The van der Waals surface area contributed by atoms with Gasteiger partial charge in [0.2, 0.25) is 0 Å². The first kappa shape index (κ1) is 11.5. The fourth-order valence-corrected chi connectivity index (χ4v) is 2.44. The average Bonchev–Trinajstić information content (AvgIpc) is 3.21. The standard InChI is InChI=1S/C17H18O/c1-3-7-14(8-4-1)12-18-13-16-11-17(16)15-9-5-2-6-10-15/h1-10,16-17H,11-13H2. The van der Waals surface area contributed by atoms with Crippen LogP contribution in [-0.2, 0) is 11.3 Å². The Bertz CT molecular complexity index is 477. The lowest BCUT2D eigenvalue weighted by atomic mass is 10.1. The van der Waals surface area contributed by atoms with Crippen LogP contribution in [0.1, 0.15) is 23.5 Å². The Morgan fingerprint density at radius 2 is 1.56 bits per heavy atom. The second kappa shape index (κ2) is 5.36. The van der Waals surface area contributed by atoms with Crippen molar-refractivity contribution < 1.29 is 4.74 Å². The van der Waals surface area contributed by atoms with E-state index in [1.807, 2.05) is 6.07 Å². The summed E-state index contributed by atoms with van der Waals surface area (Å²) in [5.41, 5.74) is 2.72. The van der Waals surface area contributed by atoms with Crippen LogP contribution in [0.25, 0.3) is 0 Å². The number of benzene rings is 2. The van der Waals surface area contributed by atoms with Gasteiger partial charge in [-0.3, -0.25) is 0 Å². The van der Waals surface area contributed by atoms with Gasteiger partial charge in [-0.15, -0.1) is 0 Å². The molecule has 0 N–H and O–H groups in total. The van der Waals surface area contributed by atoms with E-state index in [-0.39, 0.29) is 0 Å². The summed E-state index contributed by atoms with van der Waals surface area (Å²) >= 11 is 0. The first-order valence-corrected chi connectivity index (χ1v) is 6.60. The predicted molar refractivity (Wildman–Crippen MR) is 73.4 cm³/mol. The number of hydrogen-bond acceptors (Lipinski definition) is 1. The first-order chi connectivity index (χ1) is 8.93. The van der Waals surface area contributed by atoms with Crippen LogP contribution >= 0.6 is 0 Å². The highest BCUT2D eigenvalue weighted by molar-refractivity contribution is 5.25. The zero-order chi connectivity index (χ0) is 12.2. The third kappa shape index (κ3) is 2.80. The molecule has 1 heteroatoms. The Kier molecular flexibility index (Phi) is 3.42. The molecule has 2 aromatic carbocycles. The van der Waals surface area contributed by atoms with Crippen molar-refractivity contribution >= 4 is 0 Å². The Hall–Kier alpha value is -1.60. The van der Waals surface area contributed by atoms with Crippen molar-refractivity contribution in [1.82, 2.24) is 0 Å². The smallest absolute Gasteiger partial charge is 0.0717 e. The summed E-state index contributed by atoms with van der Waals surface area (Å²) in [5, 5.41) is 0. The summed E-state index contributed by atoms with van der Waals surface area (Å²) in [5.74, 6) is 1.44. The van der Waals surface area contributed by atoms with Crippen molar-refractivity contribution in [3.63, 3.8) is 0 Å². The van der Waals surface area contributed by atoms with E-state index in [9.17, 15) is 0 Å². The Labute approximate surface area is 108 Å². The van der Waals surface area contributed by atoms with E-state index < -0.39 is 0 Å². The molecular weight excluding hydrogens is 220 g/mol. The zero-order valence-electron chi connectivity index (χ0n) is 10.5. The molecule has 0 heterocycles. The molecule has 0 amide bonds. The molecule has 2 aromatic rings. The van der Waals surface area contributed by atoms with Crippen molar-refractivity contribution in [2.24, 2.45) is 5.92 Å². The lowest BCUT2D eigenvalue weighted by molar-refractivity contribution is 0.110. The molecule has 2 atom stereocenters. The maximum Gasteiger partial charge on any atom is 0.0717 e. The van der Waals surface area contributed by atoms with E-state index in [0.717, 1.165) is 25.0 Å². The molecule has 1 aliphatic carbocycles. The quantitative estimate of drug-likeness (QED) is 0.764. The molecule has 1 fully saturated rings.